The van der Waals surface area contributed by atoms with E-state index in [9.17, 15) is 4.79 Å². The molecule has 1 aliphatic rings. The maximum atomic E-state index is 11.9. The quantitative estimate of drug-likeness (QED) is 0.820. The number of methoxy groups -OCH3 is 1. The van der Waals surface area contributed by atoms with Crippen molar-refractivity contribution in [3.8, 4) is 16.3 Å². The van der Waals surface area contributed by atoms with Crippen LogP contribution < -0.4 is 15.4 Å². The number of benzene rings is 1. The number of ether oxygens (including phenoxy) is 1. The Kier molecular flexibility index (Phi) is 6.28. The third-order valence-corrected chi connectivity index (χ3v) is 5.44. The second-order valence-electron chi connectivity index (χ2n) is 6.36. The molecule has 0 radical (unpaired) electrons. The van der Waals surface area contributed by atoms with Crippen LogP contribution >= 0.6 is 11.3 Å². The standard InChI is InChI=1S/C19H25N3O2S/c1-24-17-9-7-14(8-10-17)18-21-16(13-25-18)11-12-20-19(23)22-15-5-3-2-4-6-15/h7-10,13,15H,2-6,11-12H2,1H3,(H2,20,22,23). The number of nitrogens with zero attached hydrogens (tertiary/aromatic N) is 1. The van der Waals surface area contributed by atoms with E-state index in [1.54, 1.807) is 18.4 Å². The molecular weight excluding hydrogens is 334 g/mol. The Morgan fingerprint density at radius 1 is 1.24 bits per heavy atom. The van der Waals surface area contributed by atoms with E-state index < -0.39 is 0 Å². The Morgan fingerprint density at radius 2 is 2.00 bits per heavy atom. The molecule has 2 aromatic rings. The van der Waals surface area contributed by atoms with Gasteiger partial charge in [-0.15, -0.1) is 11.3 Å². The van der Waals surface area contributed by atoms with E-state index in [2.05, 4.69) is 21.0 Å². The van der Waals surface area contributed by atoms with Gasteiger partial charge in [0.2, 0.25) is 0 Å². The SMILES string of the molecule is COc1ccc(-c2nc(CCNC(=O)NC3CCCCC3)cs2)cc1. The van der Waals surface area contributed by atoms with Gasteiger partial charge in [0.15, 0.2) is 0 Å². The lowest BCUT2D eigenvalue weighted by atomic mass is 9.96. The molecule has 1 heterocycles. The van der Waals surface area contributed by atoms with Crippen LogP contribution in [0.5, 0.6) is 5.75 Å². The Labute approximate surface area is 152 Å². The molecule has 1 fully saturated rings. The second-order valence-corrected chi connectivity index (χ2v) is 7.22. The minimum Gasteiger partial charge on any atom is -0.497 e. The maximum absolute atomic E-state index is 11.9. The molecule has 2 amide bonds. The fourth-order valence-electron chi connectivity index (χ4n) is 3.08. The first kappa shape index (κ1) is 17.7. The van der Waals surface area contributed by atoms with Crippen LogP contribution in [0.1, 0.15) is 37.8 Å². The van der Waals surface area contributed by atoms with Gasteiger partial charge in [0.1, 0.15) is 10.8 Å². The number of carbonyl (C=O) groups excluding carboxylic acids is 1. The van der Waals surface area contributed by atoms with Gasteiger partial charge in [-0.1, -0.05) is 19.3 Å². The summed E-state index contributed by atoms with van der Waals surface area (Å²) in [7, 11) is 1.66. The fourth-order valence-corrected chi connectivity index (χ4v) is 3.94. The average Bonchev–Trinajstić information content (AvgIpc) is 3.11. The topological polar surface area (TPSA) is 63.2 Å². The van der Waals surface area contributed by atoms with E-state index in [4.69, 9.17) is 4.74 Å². The molecule has 5 nitrogen and oxygen atoms in total. The summed E-state index contributed by atoms with van der Waals surface area (Å²) in [4.78, 5) is 16.6. The molecule has 6 heteroatoms. The third kappa shape index (κ3) is 5.19. The first-order chi connectivity index (χ1) is 12.2. The summed E-state index contributed by atoms with van der Waals surface area (Å²) in [5.41, 5.74) is 2.09. The molecule has 2 N–H and O–H groups in total. The van der Waals surface area contributed by atoms with Crippen LogP contribution in [0.3, 0.4) is 0 Å². The summed E-state index contributed by atoms with van der Waals surface area (Å²) in [6.07, 6.45) is 6.68. The molecule has 1 aromatic carbocycles. The predicted molar refractivity (Wildman–Crippen MR) is 101 cm³/mol. The van der Waals surface area contributed by atoms with E-state index in [1.807, 2.05) is 24.3 Å². The van der Waals surface area contributed by atoms with E-state index in [0.29, 0.717) is 12.6 Å². The average molecular weight is 359 g/mol. The van der Waals surface area contributed by atoms with E-state index in [0.717, 1.165) is 41.3 Å². The van der Waals surface area contributed by atoms with Crippen LogP contribution in [0.25, 0.3) is 10.6 Å². The lowest BCUT2D eigenvalue weighted by Crippen LogP contribution is -2.43. The van der Waals surface area contributed by atoms with Crippen molar-refractivity contribution in [2.24, 2.45) is 0 Å². The van der Waals surface area contributed by atoms with Crippen molar-refractivity contribution in [3.05, 3.63) is 35.3 Å². The fraction of sp³-hybridized carbons (Fsp3) is 0.474. The second kappa shape index (κ2) is 8.85. The molecule has 0 atom stereocenters. The first-order valence-corrected chi connectivity index (χ1v) is 9.76. The highest BCUT2D eigenvalue weighted by Gasteiger charge is 2.15. The summed E-state index contributed by atoms with van der Waals surface area (Å²) >= 11 is 1.62. The Bertz CT molecular complexity index is 678. The molecule has 1 aromatic heterocycles. The zero-order valence-corrected chi connectivity index (χ0v) is 15.4. The zero-order valence-electron chi connectivity index (χ0n) is 14.6. The molecule has 1 aliphatic carbocycles. The van der Waals surface area contributed by atoms with Crippen molar-refractivity contribution < 1.29 is 9.53 Å². The van der Waals surface area contributed by atoms with Crippen LogP contribution in [-0.4, -0.2) is 30.7 Å². The Morgan fingerprint density at radius 3 is 2.72 bits per heavy atom. The summed E-state index contributed by atoms with van der Waals surface area (Å²) in [5.74, 6) is 0.841. The Hall–Kier alpha value is -2.08. The molecule has 134 valence electrons. The van der Waals surface area contributed by atoms with Gasteiger partial charge < -0.3 is 15.4 Å². The summed E-state index contributed by atoms with van der Waals surface area (Å²) < 4.78 is 5.18. The molecule has 0 unspecified atom stereocenters. The van der Waals surface area contributed by atoms with Crippen LogP contribution in [0.2, 0.25) is 0 Å². The van der Waals surface area contributed by atoms with Crippen LogP contribution in [0, 0.1) is 0 Å². The number of nitrogens with one attached hydrogen (secondary N) is 2. The van der Waals surface area contributed by atoms with Gasteiger partial charge >= 0.3 is 6.03 Å². The molecular formula is C19H25N3O2S. The smallest absolute Gasteiger partial charge is 0.315 e. The van der Waals surface area contributed by atoms with Gasteiger partial charge in [0, 0.05) is 30.0 Å². The summed E-state index contributed by atoms with van der Waals surface area (Å²) in [6, 6.07) is 8.18. The monoisotopic (exact) mass is 359 g/mol. The normalized spacial score (nSPS) is 14.9. The highest BCUT2D eigenvalue weighted by Crippen LogP contribution is 2.25. The van der Waals surface area contributed by atoms with Crippen molar-refractivity contribution in [1.29, 1.82) is 0 Å². The lowest BCUT2D eigenvalue weighted by molar-refractivity contribution is 0.233. The van der Waals surface area contributed by atoms with Crippen molar-refractivity contribution in [3.63, 3.8) is 0 Å². The summed E-state index contributed by atoms with van der Waals surface area (Å²) in [5, 5.41) is 9.05. The maximum Gasteiger partial charge on any atom is 0.315 e. The van der Waals surface area contributed by atoms with Gasteiger partial charge in [0.05, 0.1) is 12.8 Å². The van der Waals surface area contributed by atoms with E-state index in [-0.39, 0.29) is 6.03 Å². The highest BCUT2D eigenvalue weighted by atomic mass is 32.1. The lowest BCUT2D eigenvalue weighted by Gasteiger charge is -2.22. The minimum absolute atomic E-state index is 0.0579. The van der Waals surface area contributed by atoms with E-state index in [1.165, 1.54) is 19.3 Å². The van der Waals surface area contributed by atoms with Crippen LogP contribution in [0.15, 0.2) is 29.6 Å². The Balaban J connectivity index is 1.44. The van der Waals surface area contributed by atoms with Crippen LogP contribution in [0.4, 0.5) is 4.79 Å². The van der Waals surface area contributed by atoms with Crippen molar-refractivity contribution >= 4 is 17.4 Å². The number of aromatic nitrogens is 1. The largest absolute Gasteiger partial charge is 0.497 e. The molecule has 0 spiro atoms. The number of rotatable bonds is 6. The van der Waals surface area contributed by atoms with Gasteiger partial charge in [-0.3, -0.25) is 0 Å². The van der Waals surface area contributed by atoms with Gasteiger partial charge in [-0.2, -0.15) is 0 Å². The molecule has 0 saturated heterocycles. The van der Waals surface area contributed by atoms with E-state index >= 15 is 0 Å². The summed E-state index contributed by atoms with van der Waals surface area (Å²) in [6.45, 7) is 0.602. The van der Waals surface area contributed by atoms with Gasteiger partial charge in [-0.05, 0) is 37.1 Å². The zero-order chi connectivity index (χ0) is 17.5. The molecule has 0 aliphatic heterocycles. The third-order valence-electron chi connectivity index (χ3n) is 4.50. The number of amides is 2. The van der Waals surface area contributed by atoms with Gasteiger partial charge in [-0.25, -0.2) is 9.78 Å². The number of hydrogen-bond acceptors (Lipinski definition) is 4. The highest BCUT2D eigenvalue weighted by molar-refractivity contribution is 7.13. The number of hydrogen-bond donors (Lipinski definition) is 2. The van der Waals surface area contributed by atoms with Crippen molar-refractivity contribution in [2.45, 2.75) is 44.6 Å². The van der Waals surface area contributed by atoms with Crippen molar-refractivity contribution in [2.75, 3.05) is 13.7 Å². The number of thiazole rings is 1. The van der Waals surface area contributed by atoms with Crippen LogP contribution in [-0.2, 0) is 6.42 Å². The molecule has 0 bridgehead atoms. The predicted octanol–water partition coefficient (Wildman–Crippen LogP) is 3.99. The molecule has 25 heavy (non-hydrogen) atoms. The minimum atomic E-state index is -0.0579. The van der Waals surface area contributed by atoms with Gasteiger partial charge in [0.25, 0.3) is 0 Å². The molecule has 1 saturated carbocycles. The first-order valence-electron chi connectivity index (χ1n) is 8.88. The molecule has 3 rings (SSSR count). The number of urea groups is 1. The number of carbonyl (C=O) groups is 1. The van der Waals surface area contributed by atoms with Crippen molar-refractivity contribution in [1.82, 2.24) is 15.6 Å².